The lowest BCUT2D eigenvalue weighted by Crippen LogP contribution is -2.36. The van der Waals surface area contributed by atoms with E-state index in [4.69, 9.17) is 5.73 Å². The minimum atomic E-state index is 0.426. The fraction of sp³-hybridized carbons (Fsp3) is 0.600. The molecule has 2 N–H and O–H groups in total. The van der Waals surface area contributed by atoms with Crippen LogP contribution >= 0.6 is 15.9 Å². The lowest BCUT2D eigenvalue weighted by atomic mass is 10.2. The van der Waals surface area contributed by atoms with E-state index in [0.717, 1.165) is 29.1 Å². The van der Waals surface area contributed by atoms with E-state index in [9.17, 15) is 0 Å². The first-order valence-corrected chi connectivity index (χ1v) is 5.97. The van der Waals surface area contributed by atoms with Crippen LogP contribution in [0.5, 0.6) is 0 Å². The third-order valence-corrected chi connectivity index (χ3v) is 3.33. The molecular weight excluding hydrogens is 256 g/mol. The molecule has 0 radical (unpaired) electrons. The number of nitrogens with zero attached hydrogens (tertiary/aromatic N) is 3. The highest BCUT2D eigenvalue weighted by Gasteiger charge is 2.25. The van der Waals surface area contributed by atoms with Gasteiger partial charge in [0.1, 0.15) is 11.6 Å². The molecule has 1 unspecified atom stereocenters. The topological polar surface area (TPSA) is 55.0 Å². The number of aryl methyl sites for hydroxylation is 1. The van der Waals surface area contributed by atoms with Crippen LogP contribution in [0.4, 0.5) is 5.82 Å². The summed E-state index contributed by atoms with van der Waals surface area (Å²) < 4.78 is 0.952. The summed E-state index contributed by atoms with van der Waals surface area (Å²) in [5, 5.41) is 0. The predicted molar refractivity (Wildman–Crippen MR) is 63.9 cm³/mol. The number of rotatable bonds is 2. The SMILES string of the molecule is Cc1ncc(Br)c(N2CCCC2CN)n1. The van der Waals surface area contributed by atoms with Gasteiger partial charge in [-0.05, 0) is 35.7 Å². The molecule has 1 aliphatic rings. The molecule has 5 heteroatoms. The molecule has 0 aliphatic carbocycles. The van der Waals surface area contributed by atoms with Gasteiger partial charge in [-0.15, -0.1) is 0 Å². The third kappa shape index (κ3) is 2.13. The van der Waals surface area contributed by atoms with E-state index in [-0.39, 0.29) is 0 Å². The van der Waals surface area contributed by atoms with Gasteiger partial charge in [-0.2, -0.15) is 0 Å². The molecule has 1 aliphatic heterocycles. The molecule has 2 heterocycles. The zero-order chi connectivity index (χ0) is 10.8. The van der Waals surface area contributed by atoms with Crippen LogP contribution in [0, 0.1) is 6.92 Å². The lowest BCUT2D eigenvalue weighted by Gasteiger charge is -2.25. The Morgan fingerprint density at radius 2 is 2.47 bits per heavy atom. The average Bonchev–Trinajstić information content (AvgIpc) is 2.69. The van der Waals surface area contributed by atoms with Crippen LogP contribution in [0.15, 0.2) is 10.7 Å². The summed E-state index contributed by atoms with van der Waals surface area (Å²) in [6.07, 6.45) is 4.16. The number of nitrogens with two attached hydrogens (primary N) is 1. The van der Waals surface area contributed by atoms with Crippen molar-refractivity contribution in [1.29, 1.82) is 0 Å². The highest BCUT2D eigenvalue weighted by Crippen LogP contribution is 2.29. The summed E-state index contributed by atoms with van der Waals surface area (Å²) in [5.41, 5.74) is 5.75. The molecule has 1 saturated heterocycles. The molecule has 0 bridgehead atoms. The van der Waals surface area contributed by atoms with Gasteiger partial charge in [0.15, 0.2) is 0 Å². The Morgan fingerprint density at radius 1 is 1.67 bits per heavy atom. The molecule has 0 spiro atoms. The maximum Gasteiger partial charge on any atom is 0.146 e. The fourth-order valence-corrected chi connectivity index (χ4v) is 2.42. The van der Waals surface area contributed by atoms with Crippen molar-refractivity contribution in [2.45, 2.75) is 25.8 Å². The molecule has 1 aromatic rings. The van der Waals surface area contributed by atoms with Crippen LogP contribution in [-0.2, 0) is 0 Å². The van der Waals surface area contributed by atoms with E-state index in [1.54, 1.807) is 0 Å². The first kappa shape index (κ1) is 10.8. The molecule has 1 aromatic heterocycles. The number of hydrogen-bond acceptors (Lipinski definition) is 4. The smallest absolute Gasteiger partial charge is 0.146 e. The Balaban J connectivity index is 2.31. The Labute approximate surface area is 98.0 Å². The summed E-state index contributed by atoms with van der Waals surface area (Å²) in [6, 6.07) is 0.426. The molecule has 0 amide bonds. The Bertz CT molecular complexity index is 355. The standard InChI is InChI=1S/C10H15BrN4/c1-7-13-6-9(11)10(14-7)15-4-2-3-8(15)5-12/h6,8H,2-5,12H2,1H3. The molecule has 0 saturated carbocycles. The van der Waals surface area contributed by atoms with Crippen molar-refractivity contribution in [2.24, 2.45) is 5.73 Å². The predicted octanol–water partition coefficient (Wildman–Crippen LogP) is 1.48. The number of anilines is 1. The molecule has 82 valence electrons. The fourth-order valence-electron chi connectivity index (χ4n) is 2.00. The van der Waals surface area contributed by atoms with E-state index in [1.807, 2.05) is 13.1 Å². The van der Waals surface area contributed by atoms with Crippen LogP contribution < -0.4 is 10.6 Å². The van der Waals surface area contributed by atoms with E-state index >= 15 is 0 Å². The zero-order valence-corrected chi connectivity index (χ0v) is 10.4. The number of halogens is 1. The number of hydrogen-bond donors (Lipinski definition) is 1. The minimum absolute atomic E-state index is 0.426. The lowest BCUT2D eigenvalue weighted by molar-refractivity contribution is 0.668. The summed E-state index contributed by atoms with van der Waals surface area (Å²) >= 11 is 3.49. The molecule has 0 aromatic carbocycles. The summed E-state index contributed by atoms with van der Waals surface area (Å²) in [6.45, 7) is 3.63. The van der Waals surface area contributed by atoms with Gasteiger partial charge >= 0.3 is 0 Å². The van der Waals surface area contributed by atoms with Gasteiger partial charge in [0, 0.05) is 25.3 Å². The summed E-state index contributed by atoms with van der Waals surface area (Å²) in [4.78, 5) is 10.9. The minimum Gasteiger partial charge on any atom is -0.351 e. The van der Waals surface area contributed by atoms with Gasteiger partial charge in [0.2, 0.25) is 0 Å². The molecule has 15 heavy (non-hydrogen) atoms. The van der Waals surface area contributed by atoms with Gasteiger partial charge in [-0.25, -0.2) is 9.97 Å². The van der Waals surface area contributed by atoms with Gasteiger partial charge < -0.3 is 10.6 Å². The van der Waals surface area contributed by atoms with E-state index in [0.29, 0.717) is 12.6 Å². The molecule has 1 atom stereocenters. The largest absolute Gasteiger partial charge is 0.351 e. The van der Waals surface area contributed by atoms with E-state index in [2.05, 4.69) is 30.8 Å². The molecule has 4 nitrogen and oxygen atoms in total. The molecule has 2 rings (SSSR count). The van der Waals surface area contributed by atoms with Crippen molar-refractivity contribution in [2.75, 3.05) is 18.0 Å². The van der Waals surface area contributed by atoms with Gasteiger partial charge in [0.25, 0.3) is 0 Å². The van der Waals surface area contributed by atoms with Crippen molar-refractivity contribution in [3.05, 3.63) is 16.5 Å². The molecular formula is C10H15BrN4. The normalized spacial score (nSPS) is 21.0. The summed E-state index contributed by atoms with van der Waals surface area (Å²) in [5.74, 6) is 1.78. The first-order chi connectivity index (χ1) is 7.22. The van der Waals surface area contributed by atoms with Crippen LogP contribution in [0.2, 0.25) is 0 Å². The van der Waals surface area contributed by atoms with Crippen molar-refractivity contribution >= 4 is 21.7 Å². The van der Waals surface area contributed by atoms with Gasteiger partial charge in [0.05, 0.1) is 4.47 Å². The van der Waals surface area contributed by atoms with Crippen LogP contribution in [0.3, 0.4) is 0 Å². The highest BCUT2D eigenvalue weighted by atomic mass is 79.9. The third-order valence-electron chi connectivity index (χ3n) is 2.77. The number of aromatic nitrogens is 2. The van der Waals surface area contributed by atoms with E-state index < -0.39 is 0 Å². The first-order valence-electron chi connectivity index (χ1n) is 5.18. The maximum absolute atomic E-state index is 5.75. The average molecular weight is 271 g/mol. The van der Waals surface area contributed by atoms with Crippen molar-refractivity contribution in [1.82, 2.24) is 9.97 Å². The van der Waals surface area contributed by atoms with Crippen LogP contribution in [0.1, 0.15) is 18.7 Å². The quantitative estimate of drug-likeness (QED) is 0.885. The van der Waals surface area contributed by atoms with Crippen molar-refractivity contribution < 1.29 is 0 Å². The van der Waals surface area contributed by atoms with Gasteiger partial charge in [-0.3, -0.25) is 0 Å². The second-order valence-electron chi connectivity index (χ2n) is 3.81. The van der Waals surface area contributed by atoms with Crippen LogP contribution in [0.25, 0.3) is 0 Å². The Hall–Kier alpha value is -0.680. The maximum atomic E-state index is 5.75. The monoisotopic (exact) mass is 270 g/mol. The van der Waals surface area contributed by atoms with Crippen LogP contribution in [-0.4, -0.2) is 29.1 Å². The Kier molecular flexibility index (Phi) is 3.21. The zero-order valence-electron chi connectivity index (χ0n) is 8.78. The van der Waals surface area contributed by atoms with Crippen molar-refractivity contribution in [3.8, 4) is 0 Å². The second-order valence-corrected chi connectivity index (χ2v) is 4.67. The van der Waals surface area contributed by atoms with E-state index in [1.165, 1.54) is 6.42 Å². The second kappa shape index (κ2) is 4.45. The Morgan fingerprint density at radius 3 is 3.20 bits per heavy atom. The van der Waals surface area contributed by atoms with Crippen molar-refractivity contribution in [3.63, 3.8) is 0 Å². The van der Waals surface area contributed by atoms with Gasteiger partial charge in [-0.1, -0.05) is 0 Å². The summed E-state index contributed by atoms with van der Waals surface area (Å²) in [7, 11) is 0. The highest BCUT2D eigenvalue weighted by molar-refractivity contribution is 9.10. The molecule has 1 fully saturated rings.